The molecule has 0 aliphatic heterocycles. The van der Waals surface area contributed by atoms with Gasteiger partial charge in [0.25, 0.3) is 0 Å². The van der Waals surface area contributed by atoms with Crippen LogP contribution in [-0.4, -0.2) is 20.4 Å². The van der Waals surface area contributed by atoms with Crippen molar-refractivity contribution in [1.29, 1.82) is 0 Å². The normalized spacial score (nSPS) is 11.4. The lowest BCUT2D eigenvalue weighted by Gasteiger charge is -2.17. The van der Waals surface area contributed by atoms with Crippen molar-refractivity contribution in [3.8, 4) is 11.5 Å². The predicted molar refractivity (Wildman–Crippen MR) is 117 cm³/mol. The lowest BCUT2D eigenvalue weighted by molar-refractivity contribution is 0.554. The summed E-state index contributed by atoms with van der Waals surface area (Å²) in [5.41, 5.74) is 1.72. The number of aromatic nitrogens is 1. The van der Waals surface area contributed by atoms with Gasteiger partial charge in [-0.05, 0) is 42.0 Å². The lowest BCUT2D eigenvalue weighted by atomic mass is 10.2. The van der Waals surface area contributed by atoms with E-state index >= 15 is 0 Å². The van der Waals surface area contributed by atoms with E-state index < -0.39 is 9.84 Å². The summed E-state index contributed by atoms with van der Waals surface area (Å²) < 4.78 is 32.7. The van der Waals surface area contributed by atoms with Crippen LogP contribution in [0.2, 0.25) is 5.02 Å². The number of hydrogen-bond donors (Lipinski definition) is 0. The molecule has 0 saturated carbocycles. The standard InChI is InChI=1S/C23H19ClN2O3S/c1-26(16-17-8-4-2-5-9-17)23-22(25-21(29-23)18-10-6-3-7-11-18)30(27,28)20-14-12-19(24)13-15-20/h2-15H,16H2,1H3. The van der Waals surface area contributed by atoms with Gasteiger partial charge in [-0.3, -0.25) is 0 Å². The maximum atomic E-state index is 13.4. The molecule has 0 amide bonds. The van der Waals surface area contributed by atoms with Gasteiger partial charge in [-0.2, -0.15) is 4.98 Å². The molecule has 3 aromatic carbocycles. The van der Waals surface area contributed by atoms with Gasteiger partial charge < -0.3 is 9.32 Å². The van der Waals surface area contributed by atoms with E-state index in [9.17, 15) is 8.42 Å². The van der Waals surface area contributed by atoms with Gasteiger partial charge in [0.2, 0.25) is 26.6 Å². The number of anilines is 1. The summed E-state index contributed by atoms with van der Waals surface area (Å²) in [6.45, 7) is 0.466. The molecule has 1 aromatic heterocycles. The van der Waals surface area contributed by atoms with E-state index in [1.54, 1.807) is 24.1 Å². The van der Waals surface area contributed by atoms with Crippen molar-refractivity contribution in [1.82, 2.24) is 4.98 Å². The van der Waals surface area contributed by atoms with E-state index in [-0.39, 0.29) is 21.7 Å². The van der Waals surface area contributed by atoms with Crippen LogP contribution in [0.1, 0.15) is 5.56 Å². The summed E-state index contributed by atoms with van der Waals surface area (Å²) in [4.78, 5) is 6.24. The Morgan fingerprint density at radius 2 is 1.50 bits per heavy atom. The highest BCUT2D eigenvalue weighted by Gasteiger charge is 2.30. The van der Waals surface area contributed by atoms with Crippen LogP contribution in [0.5, 0.6) is 0 Å². The van der Waals surface area contributed by atoms with E-state index in [2.05, 4.69) is 4.98 Å². The molecule has 4 aromatic rings. The second-order valence-electron chi connectivity index (χ2n) is 6.79. The van der Waals surface area contributed by atoms with Crippen molar-refractivity contribution in [3.05, 3.63) is 95.5 Å². The molecule has 152 valence electrons. The Bertz CT molecular complexity index is 1240. The third-order valence-electron chi connectivity index (χ3n) is 4.59. The molecule has 0 radical (unpaired) electrons. The Hall–Kier alpha value is -3.09. The Labute approximate surface area is 180 Å². The fourth-order valence-electron chi connectivity index (χ4n) is 3.07. The van der Waals surface area contributed by atoms with Crippen LogP contribution < -0.4 is 4.90 Å². The second-order valence-corrected chi connectivity index (χ2v) is 9.10. The lowest BCUT2D eigenvalue weighted by Crippen LogP contribution is -2.18. The molecule has 4 rings (SSSR count). The van der Waals surface area contributed by atoms with Gasteiger partial charge in [-0.15, -0.1) is 0 Å². The van der Waals surface area contributed by atoms with Gasteiger partial charge in [0.1, 0.15) is 0 Å². The zero-order chi connectivity index (χ0) is 21.1. The highest BCUT2D eigenvalue weighted by atomic mass is 35.5. The SMILES string of the molecule is CN(Cc1ccccc1)c1oc(-c2ccccc2)nc1S(=O)(=O)c1ccc(Cl)cc1. The average Bonchev–Trinajstić information content (AvgIpc) is 3.22. The molecule has 5 nitrogen and oxygen atoms in total. The van der Waals surface area contributed by atoms with Crippen LogP contribution in [-0.2, 0) is 16.4 Å². The highest BCUT2D eigenvalue weighted by Crippen LogP contribution is 2.35. The minimum atomic E-state index is -3.92. The van der Waals surface area contributed by atoms with Gasteiger partial charge in [0, 0.05) is 24.2 Å². The van der Waals surface area contributed by atoms with Crippen molar-refractivity contribution in [2.24, 2.45) is 0 Å². The first kappa shape index (κ1) is 20.2. The Balaban J connectivity index is 1.81. The van der Waals surface area contributed by atoms with E-state index in [1.807, 2.05) is 60.7 Å². The zero-order valence-corrected chi connectivity index (χ0v) is 17.8. The van der Waals surface area contributed by atoms with E-state index in [1.165, 1.54) is 12.1 Å². The van der Waals surface area contributed by atoms with Crippen molar-refractivity contribution in [3.63, 3.8) is 0 Å². The molecule has 0 saturated heterocycles. The largest absolute Gasteiger partial charge is 0.419 e. The smallest absolute Gasteiger partial charge is 0.236 e. The summed E-state index contributed by atoms with van der Waals surface area (Å²) >= 11 is 5.93. The van der Waals surface area contributed by atoms with Crippen molar-refractivity contribution in [2.45, 2.75) is 16.5 Å². The number of hydrogen-bond acceptors (Lipinski definition) is 5. The van der Waals surface area contributed by atoms with Crippen molar-refractivity contribution >= 4 is 27.3 Å². The molecular weight excluding hydrogens is 420 g/mol. The minimum absolute atomic E-state index is 0.106. The van der Waals surface area contributed by atoms with E-state index in [4.69, 9.17) is 16.0 Å². The summed E-state index contributed by atoms with van der Waals surface area (Å²) in [6.07, 6.45) is 0. The topological polar surface area (TPSA) is 63.4 Å². The zero-order valence-electron chi connectivity index (χ0n) is 16.2. The number of rotatable bonds is 6. The number of nitrogens with zero attached hydrogens (tertiary/aromatic N) is 2. The quantitative estimate of drug-likeness (QED) is 0.399. The molecule has 0 aliphatic carbocycles. The number of benzene rings is 3. The summed E-state index contributed by atoms with van der Waals surface area (Å²) in [6, 6.07) is 25.0. The molecule has 0 unspecified atom stereocenters. The van der Waals surface area contributed by atoms with Crippen LogP contribution in [0.25, 0.3) is 11.5 Å². The molecule has 0 N–H and O–H groups in total. The maximum absolute atomic E-state index is 13.4. The van der Waals surface area contributed by atoms with Gasteiger partial charge in [0.15, 0.2) is 0 Å². The first-order valence-electron chi connectivity index (χ1n) is 9.27. The summed E-state index contributed by atoms with van der Waals surface area (Å²) in [7, 11) is -2.14. The van der Waals surface area contributed by atoms with Crippen molar-refractivity contribution in [2.75, 3.05) is 11.9 Å². The molecule has 0 spiro atoms. The maximum Gasteiger partial charge on any atom is 0.236 e. The number of halogens is 1. The molecule has 0 aliphatic rings. The van der Waals surface area contributed by atoms with Crippen LogP contribution >= 0.6 is 11.6 Å². The second kappa shape index (κ2) is 8.34. The van der Waals surface area contributed by atoms with E-state index in [0.717, 1.165) is 5.56 Å². The first-order chi connectivity index (χ1) is 14.4. The van der Waals surface area contributed by atoms with Gasteiger partial charge >= 0.3 is 0 Å². The fraction of sp³-hybridized carbons (Fsp3) is 0.0870. The average molecular weight is 439 g/mol. The van der Waals surface area contributed by atoms with Crippen molar-refractivity contribution < 1.29 is 12.8 Å². The number of sulfone groups is 1. The molecule has 0 fully saturated rings. The minimum Gasteiger partial charge on any atom is -0.419 e. The summed E-state index contributed by atoms with van der Waals surface area (Å²) in [5, 5.41) is 0.336. The number of oxazole rings is 1. The molecule has 7 heteroatoms. The Kier molecular flexibility index (Phi) is 5.61. The third kappa shape index (κ3) is 4.10. The van der Waals surface area contributed by atoms with Crippen LogP contribution in [0.4, 0.5) is 5.88 Å². The van der Waals surface area contributed by atoms with E-state index in [0.29, 0.717) is 17.1 Å². The predicted octanol–water partition coefficient (Wildman–Crippen LogP) is 5.46. The molecule has 30 heavy (non-hydrogen) atoms. The molecule has 0 bridgehead atoms. The van der Waals surface area contributed by atoms with Crippen LogP contribution in [0, 0.1) is 0 Å². The van der Waals surface area contributed by atoms with Gasteiger partial charge in [-0.25, -0.2) is 8.42 Å². The van der Waals surface area contributed by atoms with Crippen LogP contribution in [0.15, 0.2) is 99.3 Å². The van der Waals surface area contributed by atoms with Gasteiger partial charge in [-0.1, -0.05) is 60.1 Å². The third-order valence-corrected chi connectivity index (χ3v) is 6.51. The first-order valence-corrected chi connectivity index (χ1v) is 11.1. The summed E-state index contributed by atoms with van der Waals surface area (Å²) in [5.74, 6) is 0.436. The Morgan fingerprint density at radius 1 is 0.900 bits per heavy atom. The Morgan fingerprint density at radius 3 is 2.13 bits per heavy atom. The highest BCUT2D eigenvalue weighted by molar-refractivity contribution is 7.91. The molecule has 0 atom stereocenters. The fourth-order valence-corrected chi connectivity index (χ4v) is 4.55. The van der Waals surface area contributed by atoms with Crippen LogP contribution in [0.3, 0.4) is 0 Å². The molecular formula is C23H19ClN2O3S. The monoisotopic (exact) mass is 438 g/mol. The molecule has 1 heterocycles. The van der Waals surface area contributed by atoms with Gasteiger partial charge in [0.05, 0.1) is 4.90 Å².